The zero-order valence-corrected chi connectivity index (χ0v) is 11.7. The van der Waals surface area contributed by atoms with E-state index in [9.17, 15) is 0 Å². The van der Waals surface area contributed by atoms with Gasteiger partial charge in [0.2, 0.25) is 0 Å². The molecule has 1 aliphatic heterocycles. The highest BCUT2D eigenvalue weighted by Crippen LogP contribution is 2.45. The van der Waals surface area contributed by atoms with Gasteiger partial charge < -0.3 is 10.3 Å². The summed E-state index contributed by atoms with van der Waals surface area (Å²) in [5.74, 6) is 1.61. The summed E-state index contributed by atoms with van der Waals surface area (Å²) < 4.78 is 0. The van der Waals surface area contributed by atoms with Crippen molar-refractivity contribution < 1.29 is 0 Å². The predicted molar refractivity (Wildman–Crippen MR) is 82.4 cm³/mol. The van der Waals surface area contributed by atoms with E-state index in [1.807, 2.05) is 0 Å². The third-order valence-corrected chi connectivity index (χ3v) is 5.66. The van der Waals surface area contributed by atoms with Crippen LogP contribution in [0, 0.1) is 11.8 Å². The molecule has 1 aromatic carbocycles. The summed E-state index contributed by atoms with van der Waals surface area (Å²) in [5, 5.41) is 5.25. The molecular weight excluding hydrogens is 244 g/mol. The van der Waals surface area contributed by atoms with Crippen LogP contribution in [0.1, 0.15) is 36.9 Å². The Labute approximate surface area is 119 Å². The van der Waals surface area contributed by atoms with Crippen molar-refractivity contribution in [1.29, 1.82) is 0 Å². The highest BCUT2D eigenvalue weighted by molar-refractivity contribution is 5.88. The minimum atomic E-state index is 0.743. The average molecular weight is 264 g/mol. The number of hydrogen-bond acceptors (Lipinski definition) is 1. The standard InChI is InChI=1S/C18H20N2/c1-3-7-15-11(5-1)13-9-14-12-6-2-4-8-16(12)20-18(14)10-17(13)19-15/h1,3,5,7,10,12,14,16,19-20H,2,4,6,8-9H2. The maximum absolute atomic E-state index is 3.82. The summed E-state index contributed by atoms with van der Waals surface area (Å²) >= 11 is 0. The molecule has 0 bridgehead atoms. The molecule has 0 spiro atoms. The molecule has 2 N–H and O–H groups in total. The minimum absolute atomic E-state index is 0.743. The van der Waals surface area contributed by atoms with Gasteiger partial charge in [-0.05, 0) is 42.9 Å². The largest absolute Gasteiger partial charge is 0.385 e. The number of H-pyrrole nitrogens is 1. The molecular formula is C18H20N2. The summed E-state index contributed by atoms with van der Waals surface area (Å²) in [6.07, 6.45) is 9.22. The van der Waals surface area contributed by atoms with Crippen LogP contribution in [0.2, 0.25) is 0 Å². The molecule has 0 radical (unpaired) electrons. The molecule has 2 aliphatic carbocycles. The van der Waals surface area contributed by atoms with Crippen molar-refractivity contribution in [3.63, 3.8) is 0 Å². The third kappa shape index (κ3) is 1.39. The van der Waals surface area contributed by atoms with E-state index in [1.54, 1.807) is 5.56 Å². The fourth-order valence-electron chi connectivity index (χ4n) is 4.72. The van der Waals surface area contributed by atoms with Crippen LogP contribution in [-0.2, 0) is 6.42 Å². The molecule has 20 heavy (non-hydrogen) atoms. The fraction of sp³-hybridized carbons (Fsp3) is 0.444. The molecule has 1 saturated heterocycles. The number of aromatic nitrogens is 1. The van der Waals surface area contributed by atoms with Gasteiger partial charge in [-0.2, -0.15) is 0 Å². The maximum Gasteiger partial charge on any atom is 0.0461 e. The second-order valence-corrected chi connectivity index (χ2v) is 6.67. The lowest BCUT2D eigenvalue weighted by molar-refractivity contribution is 0.276. The Morgan fingerprint density at radius 2 is 1.95 bits per heavy atom. The van der Waals surface area contributed by atoms with Crippen molar-refractivity contribution in [1.82, 2.24) is 10.3 Å². The molecule has 5 rings (SSSR count). The summed E-state index contributed by atoms with van der Waals surface area (Å²) in [5.41, 5.74) is 5.67. The van der Waals surface area contributed by atoms with Crippen molar-refractivity contribution in [3.8, 4) is 0 Å². The Kier molecular flexibility index (Phi) is 2.15. The third-order valence-electron chi connectivity index (χ3n) is 5.66. The van der Waals surface area contributed by atoms with Crippen LogP contribution < -0.4 is 5.32 Å². The molecule has 2 fully saturated rings. The molecule has 1 saturated carbocycles. The van der Waals surface area contributed by atoms with Crippen molar-refractivity contribution in [2.75, 3.05) is 0 Å². The quantitative estimate of drug-likeness (QED) is 0.743. The van der Waals surface area contributed by atoms with Gasteiger partial charge in [-0.25, -0.2) is 0 Å². The van der Waals surface area contributed by atoms with E-state index < -0.39 is 0 Å². The molecule has 1 aromatic heterocycles. The zero-order valence-electron chi connectivity index (χ0n) is 11.7. The van der Waals surface area contributed by atoms with Crippen molar-refractivity contribution in [3.05, 3.63) is 41.2 Å². The van der Waals surface area contributed by atoms with E-state index in [-0.39, 0.29) is 0 Å². The summed E-state index contributed by atoms with van der Waals surface area (Å²) in [6.45, 7) is 0. The predicted octanol–water partition coefficient (Wildman–Crippen LogP) is 3.84. The molecule has 2 nitrogen and oxygen atoms in total. The molecule has 3 atom stereocenters. The molecule has 0 amide bonds. The lowest BCUT2D eigenvalue weighted by atomic mass is 9.75. The van der Waals surface area contributed by atoms with Gasteiger partial charge in [0.1, 0.15) is 0 Å². The molecule has 102 valence electrons. The fourth-order valence-corrected chi connectivity index (χ4v) is 4.72. The van der Waals surface area contributed by atoms with Crippen molar-refractivity contribution >= 4 is 17.0 Å². The normalized spacial score (nSPS) is 31.2. The Balaban J connectivity index is 1.63. The second kappa shape index (κ2) is 3.91. The first-order chi connectivity index (χ1) is 9.90. The van der Waals surface area contributed by atoms with E-state index in [0.29, 0.717) is 0 Å². The lowest BCUT2D eigenvalue weighted by Gasteiger charge is -2.28. The monoisotopic (exact) mass is 264 g/mol. The van der Waals surface area contributed by atoms with E-state index >= 15 is 0 Å². The van der Waals surface area contributed by atoms with Gasteiger partial charge in [-0.3, -0.25) is 0 Å². The van der Waals surface area contributed by atoms with Gasteiger partial charge in [0, 0.05) is 34.3 Å². The Morgan fingerprint density at radius 1 is 1.05 bits per heavy atom. The van der Waals surface area contributed by atoms with Crippen molar-refractivity contribution in [2.45, 2.75) is 38.1 Å². The van der Waals surface area contributed by atoms with Gasteiger partial charge in [0.25, 0.3) is 0 Å². The molecule has 2 aromatic rings. The van der Waals surface area contributed by atoms with E-state index in [2.05, 4.69) is 40.6 Å². The van der Waals surface area contributed by atoms with Crippen LogP contribution >= 0.6 is 0 Å². The van der Waals surface area contributed by atoms with Gasteiger partial charge in [0.15, 0.2) is 0 Å². The van der Waals surface area contributed by atoms with Crippen LogP contribution in [0.3, 0.4) is 0 Å². The number of hydrogen-bond donors (Lipinski definition) is 2. The molecule has 3 aliphatic rings. The Morgan fingerprint density at radius 3 is 2.95 bits per heavy atom. The topological polar surface area (TPSA) is 27.8 Å². The zero-order chi connectivity index (χ0) is 13.1. The van der Waals surface area contributed by atoms with E-state index in [4.69, 9.17) is 0 Å². The number of fused-ring (bicyclic) bond motifs is 6. The van der Waals surface area contributed by atoms with Crippen LogP contribution in [-0.4, -0.2) is 11.0 Å². The molecule has 2 heteroatoms. The first-order valence-corrected chi connectivity index (χ1v) is 7.98. The average Bonchev–Trinajstić information content (AvgIpc) is 3.02. The van der Waals surface area contributed by atoms with Gasteiger partial charge >= 0.3 is 0 Å². The Bertz CT molecular complexity index is 709. The molecule has 2 heterocycles. The van der Waals surface area contributed by atoms with E-state index in [1.165, 1.54) is 54.4 Å². The first kappa shape index (κ1) is 11.0. The van der Waals surface area contributed by atoms with Crippen LogP contribution in [0.5, 0.6) is 0 Å². The van der Waals surface area contributed by atoms with E-state index in [0.717, 1.165) is 17.9 Å². The van der Waals surface area contributed by atoms with Crippen molar-refractivity contribution in [2.24, 2.45) is 11.8 Å². The smallest absolute Gasteiger partial charge is 0.0461 e. The SMILES string of the molecule is C1=C2NC3CCCCC3C2Cc2c1[nH]c1ccccc21. The highest BCUT2D eigenvalue weighted by Gasteiger charge is 2.42. The number of benzene rings is 1. The molecule has 3 unspecified atom stereocenters. The number of nitrogens with one attached hydrogen (secondary N) is 2. The minimum Gasteiger partial charge on any atom is -0.385 e. The van der Waals surface area contributed by atoms with Gasteiger partial charge in [-0.15, -0.1) is 0 Å². The number of para-hydroxylation sites is 1. The van der Waals surface area contributed by atoms with Crippen LogP contribution in [0.15, 0.2) is 30.0 Å². The lowest BCUT2D eigenvalue weighted by Crippen LogP contribution is -2.30. The number of aromatic amines is 1. The van der Waals surface area contributed by atoms with Crippen LogP contribution in [0.4, 0.5) is 0 Å². The summed E-state index contributed by atoms with van der Waals surface area (Å²) in [6, 6.07) is 9.48. The highest BCUT2D eigenvalue weighted by atomic mass is 15.0. The van der Waals surface area contributed by atoms with Gasteiger partial charge in [-0.1, -0.05) is 31.0 Å². The second-order valence-electron chi connectivity index (χ2n) is 6.67. The van der Waals surface area contributed by atoms with Gasteiger partial charge in [0.05, 0.1) is 0 Å². The number of rotatable bonds is 0. The summed E-state index contributed by atoms with van der Waals surface area (Å²) in [7, 11) is 0. The summed E-state index contributed by atoms with van der Waals surface area (Å²) in [4.78, 5) is 3.59. The maximum atomic E-state index is 3.82. The Hall–Kier alpha value is -1.70. The number of allylic oxidation sites excluding steroid dienone is 1. The first-order valence-electron chi connectivity index (χ1n) is 7.98. The van der Waals surface area contributed by atoms with Crippen LogP contribution in [0.25, 0.3) is 17.0 Å².